The van der Waals surface area contributed by atoms with Gasteiger partial charge in [0.25, 0.3) is 0 Å². The van der Waals surface area contributed by atoms with Crippen LogP contribution in [-0.2, 0) is 22.6 Å². The molecule has 0 bridgehead atoms. The molecule has 2 atom stereocenters. The van der Waals surface area contributed by atoms with E-state index in [1.165, 1.54) is 16.2 Å². The molecule has 3 aromatic rings. The lowest BCUT2D eigenvalue weighted by molar-refractivity contribution is -0.138. The molecule has 0 saturated carbocycles. The van der Waals surface area contributed by atoms with Crippen molar-refractivity contribution in [2.24, 2.45) is 0 Å². The maximum absolute atomic E-state index is 12.2. The van der Waals surface area contributed by atoms with Gasteiger partial charge in [-0.1, -0.05) is 11.6 Å². The smallest absolute Gasteiger partial charge is 0.230 e. The number of anilines is 1. The summed E-state index contributed by atoms with van der Waals surface area (Å²) in [6, 6.07) is 8.60. The molecule has 0 spiro atoms. The molecule has 2 N–H and O–H groups in total. The molecule has 5 heterocycles. The summed E-state index contributed by atoms with van der Waals surface area (Å²) in [5, 5.41) is 13.8. The Balaban J connectivity index is 1.43. The van der Waals surface area contributed by atoms with Crippen LogP contribution < -0.4 is 10.2 Å². The van der Waals surface area contributed by atoms with Crippen molar-refractivity contribution in [2.45, 2.75) is 50.7 Å². The number of pyridine rings is 1. The topological polar surface area (TPSA) is 85.8 Å². The number of halogens is 1. The van der Waals surface area contributed by atoms with Gasteiger partial charge in [0.15, 0.2) is 0 Å². The zero-order valence-electron chi connectivity index (χ0n) is 19.3. The highest BCUT2D eigenvalue weighted by Crippen LogP contribution is 2.45. The van der Waals surface area contributed by atoms with Gasteiger partial charge < -0.3 is 15.3 Å². The number of aryl methyl sites for hydroxylation is 1. The standard InChI is InChI=1S/C26H27ClN4O3S/c27-16-8-15-2-1-7-30(18-10-17(14-32)29-12-18)25(15)21(9-16)20-5-6-28-22-11-19(35-26(20)22)13-31-23(33)3-4-24(31)34/h5-6,8-9,11,17-18,29,32H,1-4,7,10,12-14H2/t17-,18+/m1/s1. The van der Waals surface area contributed by atoms with Crippen LogP contribution in [0.5, 0.6) is 0 Å². The lowest BCUT2D eigenvalue weighted by atomic mass is 9.92. The van der Waals surface area contributed by atoms with Gasteiger partial charge in [-0.2, -0.15) is 0 Å². The second-order valence-electron chi connectivity index (χ2n) is 9.59. The van der Waals surface area contributed by atoms with Crippen LogP contribution in [0.25, 0.3) is 21.3 Å². The van der Waals surface area contributed by atoms with E-state index in [9.17, 15) is 14.7 Å². The van der Waals surface area contributed by atoms with Gasteiger partial charge >= 0.3 is 0 Å². The lowest BCUT2D eigenvalue weighted by Crippen LogP contribution is -2.40. The molecule has 1 aromatic carbocycles. The minimum Gasteiger partial charge on any atom is -0.395 e. The molecule has 3 aliphatic rings. The van der Waals surface area contributed by atoms with E-state index in [0.717, 1.165) is 58.6 Å². The maximum Gasteiger partial charge on any atom is 0.230 e. The molecular formula is C26H27ClN4O3S. The van der Waals surface area contributed by atoms with E-state index in [1.54, 1.807) is 11.3 Å². The average molecular weight is 511 g/mol. The van der Waals surface area contributed by atoms with Crippen molar-refractivity contribution in [1.82, 2.24) is 15.2 Å². The highest BCUT2D eigenvalue weighted by atomic mass is 35.5. The summed E-state index contributed by atoms with van der Waals surface area (Å²) in [5.74, 6) is -0.210. The molecule has 9 heteroatoms. The van der Waals surface area contributed by atoms with E-state index < -0.39 is 0 Å². The average Bonchev–Trinajstić information content (AvgIpc) is 3.58. The summed E-state index contributed by atoms with van der Waals surface area (Å²) in [7, 11) is 0. The van der Waals surface area contributed by atoms with Crippen molar-refractivity contribution in [3.63, 3.8) is 0 Å². The van der Waals surface area contributed by atoms with E-state index in [4.69, 9.17) is 11.6 Å². The summed E-state index contributed by atoms with van der Waals surface area (Å²) in [4.78, 5) is 33.7. The van der Waals surface area contributed by atoms with Gasteiger partial charge in [0.1, 0.15) is 0 Å². The predicted molar refractivity (Wildman–Crippen MR) is 138 cm³/mol. The second kappa shape index (κ2) is 9.17. The van der Waals surface area contributed by atoms with Gasteiger partial charge in [-0.25, -0.2) is 0 Å². The Morgan fingerprint density at radius 2 is 1.97 bits per heavy atom. The van der Waals surface area contributed by atoms with Crippen molar-refractivity contribution in [3.8, 4) is 11.1 Å². The third kappa shape index (κ3) is 4.12. The fourth-order valence-corrected chi connectivity index (χ4v) is 7.09. The zero-order valence-corrected chi connectivity index (χ0v) is 20.9. The Morgan fingerprint density at radius 1 is 1.14 bits per heavy atom. The number of amides is 2. The van der Waals surface area contributed by atoms with Crippen molar-refractivity contribution in [3.05, 3.63) is 45.9 Å². The van der Waals surface area contributed by atoms with E-state index in [2.05, 4.69) is 21.3 Å². The highest BCUT2D eigenvalue weighted by molar-refractivity contribution is 7.19. The number of carbonyl (C=O) groups excluding carboxylic acids is 2. The molecule has 2 fully saturated rings. The van der Waals surface area contributed by atoms with Gasteiger partial charge in [0.05, 0.1) is 23.4 Å². The Hall–Kier alpha value is -2.52. The van der Waals surface area contributed by atoms with Crippen molar-refractivity contribution < 1.29 is 14.7 Å². The van der Waals surface area contributed by atoms with Crippen molar-refractivity contribution in [1.29, 1.82) is 0 Å². The number of likely N-dealkylation sites (tertiary alicyclic amines) is 1. The number of thiophene rings is 1. The number of hydrogen-bond acceptors (Lipinski definition) is 7. The molecule has 7 nitrogen and oxygen atoms in total. The number of rotatable bonds is 5. The summed E-state index contributed by atoms with van der Waals surface area (Å²) < 4.78 is 1.04. The molecule has 2 aromatic heterocycles. The molecule has 2 amide bonds. The van der Waals surface area contributed by atoms with E-state index in [-0.39, 0.29) is 24.5 Å². The number of aromatic nitrogens is 1. The zero-order chi connectivity index (χ0) is 24.1. The van der Waals surface area contributed by atoms with Crippen LogP contribution in [-0.4, -0.2) is 58.6 Å². The minimum absolute atomic E-state index is 0.105. The van der Waals surface area contributed by atoms with Gasteiger partial charge in [0.2, 0.25) is 11.8 Å². The molecule has 6 rings (SSSR count). The first-order chi connectivity index (χ1) is 17.0. The number of nitrogens with zero attached hydrogens (tertiary/aromatic N) is 3. The minimum atomic E-state index is -0.105. The van der Waals surface area contributed by atoms with Crippen LogP contribution in [0.4, 0.5) is 5.69 Å². The van der Waals surface area contributed by atoms with Crippen LogP contribution >= 0.6 is 22.9 Å². The SMILES string of the molecule is O=C1CCC(=O)N1Cc1cc2nccc(-c3cc(Cl)cc4c3N([C@@H]3CN[C@@H](CO)C3)CCC4)c2s1. The molecule has 35 heavy (non-hydrogen) atoms. The highest BCUT2D eigenvalue weighted by Gasteiger charge is 2.33. The molecule has 2 saturated heterocycles. The van der Waals surface area contributed by atoms with Crippen LogP contribution in [0.2, 0.25) is 5.02 Å². The predicted octanol–water partition coefficient (Wildman–Crippen LogP) is 3.74. The third-order valence-corrected chi connectivity index (χ3v) is 8.73. The first kappa shape index (κ1) is 22.9. The van der Waals surface area contributed by atoms with Crippen LogP contribution in [0.3, 0.4) is 0 Å². The first-order valence-electron chi connectivity index (χ1n) is 12.2. The number of aliphatic hydroxyl groups is 1. The Labute approximate surface area is 212 Å². The summed E-state index contributed by atoms with van der Waals surface area (Å²) in [5.41, 5.74) is 5.49. The molecule has 3 aliphatic heterocycles. The first-order valence-corrected chi connectivity index (χ1v) is 13.4. The van der Waals surface area contributed by atoms with E-state index in [0.29, 0.717) is 30.5 Å². The number of benzene rings is 1. The van der Waals surface area contributed by atoms with Crippen LogP contribution in [0.1, 0.15) is 36.1 Å². The summed E-state index contributed by atoms with van der Waals surface area (Å²) in [6.45, 7) is 2.26. The molecule has 182 valence electrons. The van der Waals surface area contributed by atoms with Crippen LogP contribution in [0, 0.1) is 0 Å². The Kier molecular flexibility index (Phi) is 6.00. The normalized spacial score (nSPS) is 22.5. The van der Waals surface area contributed by atoms with E-state index >= 15 is 0 Å². The molecule has 0 radical (unpaired) electrons. The third-order valence-electron chi connectivity index (χ3n) is 7.37. The molecule has 0 unspecified atom stereocenters. The fraction of sp³-hybridized carbons (Fsp3) is 0.423. The molecule has 0 aliphatic carbocycles. The number of carbonyl (C=O) groups is 2. The Bertz CT molecular complexity index is 1310. The fourth-order valence-electron chi connectivity index (χ4n) is 5.71. The summed E-state index contributed by atoms with van der Waals surface area (Å²) >= 11 is 8.22. The van der Waals surface area contributed by atoms with Gasteiger partial charge in [-0.15, -0.1) is 11.3 Å². The largest absolute Gasteiger partial charge is 0.395 e. The number of imide groups is 1. The maximum atomic E-state index is 12.2. The quantitative estimate of drug-likeness (QED) is 0.509. The number of nitrogens with one attached hydrogen (secondary N) is 1. The number of fused-ring (bicyclic) bond motifs is 2. The van der Waals surface area contributed by atoms with Gasteiger partial charge in [-0.05, 0) is 49.1 Å². The van der Waals surface area contributed by atoms with Crippen molar-refractivity contribution in [2.75, 3.05) is 24.6 Å². The van der Waals surface area contributed by atoms with Gasteiger partial charge in [-0.3, -0.25) is 19.5 Å². The number of aliphatic hydroxyl groups excluding tert-OH is 1. The molecular weight excluding hydrogens is 484 g/mol. The number of hydrogen-bond donors (Lipinski definition) is 2. The Morgan fingerprint density at radius 3 is 2.74 bits per heavy atom. The van der Waals surface area contributed by atoms with Gasteiger partial charge in [0, 0.05) is 70.9 Å². The van der Waals surface area contributed by atoms with E-state index in [1.807, 2.05) is 24.4 Å². The summed E-state index contributed by atoms with van der Waals surface area (Å²) in [6.07, 6.45) is 5.37. The van der Waals surface area contributed by atoms with Crippen molar-refractivity contribution >= 4 is 50.7 Å². The second-order valence-corrected chi connectivity index (χ2v) is 11.2. The van der Waals surface area contributed by atoms with Crippen LogP contribution in [0.15, 0.2) is 30.5 Å². The monoisotopic (exact) mass is 510 g/mol. The lowest BCUT2D eigenvalue weighted by Gasteiger charge is -2.38.